The largest absolute Gasteiger partial charge is 0.477 e. The van der Waals surface area contributed by atoms with Crippen molar-refractivity contribution in [1.29, 1.82) is 0 Å². The maximum absolute atomic E-state index is 14.9. The van der Waals surface area contributed by atoms with Gasteiger partial charge in [0.1, 0.15) is 17.2 Å². The van der Waals surface area contributed by atoms with Crippen LogP contribution in [0.3, 0.4) is 0 Å². The molecule has 1 fully saturated rings. The van der Waals surface area contributed by atoms with Crippen LogP contribution in [0, 0.1) is 5.82 Å². The van der Waals surface area contributed by atoms with Gasteiger partial charge >= 0.3 is 5.97 Å². The first-order valence-corrected chi connectivity index (χ1v) is 10.4. The lowest BCUT2D eigenvalue weighted by Crippen LogP contribution is -2.19. The molecule has 8 heteroatoms. The van der Waals surface area contributed by atoms with Crippen molar-refractivity contribution in [2.45, 2.75) is 32.2 Å². The number of carboxylic acids is 1. The zero-order chi connectivity index (χ0) is 20.5. The summed E-state index contributed by atoms with van der Waals surface area (Å²) in [6, 6.07) is 6.45. The Hall–Kier alpha value is -2.87. The fourth-order valence-corrected chi connectivity index (χ4v) is 3.81. The van der Waals surface area contributed by atoms with Crippen molar-refractivity contribution in [2.24, 2.45) is 0 Å². The molecule has 2 N–H and O–H groups in total. The van der Waals surface area contributed by atoms with E-state index >= 15 is 0 Å². The Morgan fingerprint density at radius 1 is 1.38 bits per heavy atom. The van der Waals surface area contributed by atoms with Crippen molar-refractivity contribution in [1.82, 2.24) is 9.55 Å². The molecule has 0 amide bonds. The number of rotatable bonds is 7. The minimum Gasteiger partial charge on any atom is -0.477 e. The molecular formula is C21H20FN3O3S. The molecule has 0 spiro atoms. The number of anilines is 1. The topological polar surface area (TPSA) is 84.2 Å². The smallest absolute Gasteiger partial charge is 0.341 e. The molecule has 6 nitrogen and oxygen atoms in total. The van der Waals surface area contributed by atoms with Crippen molar-refractivity contribution in [3.05, 3.63) is 58.3 Å². The molecule has 1 saturated carbocycles. The monoisotopic (exact) mass is 413 g/mol. The van der Waals surface area contributed by atoms with E-state index in [1.54, 1.807) is 40.9 Å². The minimum absolute atomic E-state index is 0.0836. The Labute approximate surface area is 170 Å². The third-order valence-corrected chi connectivity index (χ3v) is 5.81. The van der Waals surface area contributed by atoms with E-state index in [1.807, 2.05) is 0 Å². The molecule has 150 valence electrons. The van der Waals surface area contributed by atoms with Crippen LogP contribution in [0.2, 0.25) is 0 Å². The quantitative estimate of drug-likeness (QED) is 0.431. The maximum Gasteiger partial charge on any atom is 0.341 e. The molecular weight excluding hydrogens is 393 g/mol. The Bertz CT molecular complexity index is 1140. The minimum atomic E-state index is -1.30. The van der Waals surface area contributed by atoms with Gasteiger partial charge in [0.2, 0.25) is 5.43 Å². The van der Waals surface area contributed by atoms with Gasteiger partial charge in [-0.3, -0.25) is 4.79 Å². The number of aromatic carboxylic acids is 1. The lowest BCUT2D eigenvalue weighted by atomic mass is 10.0. The number of fused-ring (bicyclic) bond motifs is 1. The number of halogens is 1. The van der Waals surface area contributed by atoms with Gasteiger partial charge in [0.15, 0.2) is 0 Å². The molecule has 29 heavy (non-hydrogen) atoms. The number of nitrogens with zero attached hydrogens (tertiary/aromatic N) is 2. The van der Waals surface area contributed by atoms with E-state index in [0.717, 1.165) is 31.1 Å². The second-order valence-electron chi connectivity index (χ2n) is 7.05. The summed E-state index contributed by atoms with van der Waals surface area (Å²) in [7, 11) is 0. The summed E-state index contributed by atoms with van der Waals surface area (Å²) >= 11 is 1.56. The van der Waals surface area contributed by atoms with Gasteiger partial charge in [-0.1, -0.05) is 18.9 Å². The molecule has 0 atom stereocenters. The third-order valence-electron chi connectivity index (χ3n) is 4.85. The summed E-state index contributed by atoms with van der Waals surface area (Å²) in [4.78, 5) is 28.3. The SMILES string of the molecule is CCCSNc1ccc(-c2cc3c(cc2F)c(=O)c(C(=O)O)cn3C2CC2)cn1. The fourth-order valence-electron chi connectivity index (χ4n) is 3.24. The van der Waals surface area contributed by atoms with E-state index in [0.29, 0.717) is 22.5 Å². The number of hydrogen-bond donors (Lipinski definition) is 2. The second-order valence-corrected chi connectivity index (χ2v) is 7.95. The molecule has 0 unspecified atom stereocenters. The highest BCUT2D eigenvalue weighted by molar-refractivity contribution is 8.00. The highest BCUT2D eigenvalue weighted by Crippen LogP contribution is 2.38. The third kappa shape index (κ3) is 3.85. The van der Waals surface area contributed by atoms with Gasteiger partial charge in [0.25, 0.3) is 0 Å². The molecule has 1 aliphatic carbocycles. The first kappa shape index (κ1) is 19.4. The van der Waals surface area contributed by atoms with Crippen LogP contribution in [-0.2, 0) is 0 Å². The molecule has 0 radical (unpaired) electrons. The van der Waals surface area contributed by atoms with Gasteiger partial charge in [-0.05, 0) is 43.5 Å². The van der Waals surface area contributed by atoms with Gasteiger partial charge in [0.05, 0.1) is 5.52 Å². The number of benzene rings is 1. The van der Waals surface area contributed by atoms with Crippen LogP contribution in [0.15, 0.2) is 41.5 Å². The molecule has 4 rings (SSSR count). The van der Waals surface area contributed by atoms with E-state index in [4.69, 9.17) is 0 Å². The summed E-state index contributed by atoms with van der Waals surface area (Å²) in [5, 5.41) is 9.42. The van der Waals surface area contributed by atoms with Crippen molar-refractivity contribution < 1.29 is 14.3 Å². The first-order valence-electron chi connectivity index (χ1n) is 9.45. The van der Waals surface area contributed by atoms with Gasteiger partial charge < -0.3 is 14.4 Å². The summed E-state index contributed by atoms with van der Waals surface area (Å²) < 4.78 is 19.8. The van der Waals surface area contributed by atoms with Gasteiger partial charge in [-0.25, -0.2) is 14.2 Å². The highest BCUT2D eigenvalue weighted by atomic mass is 32.2. The van der Waals surface area contributed by atoms with Gasteiger partial charge in [0, 0.05) is 40.7 Å². The molecule has 0 saturated heterocycles. The van der Waals surface area contributed by atoms with Crippen molar-refractivity contribution in [3.8, 4) is 11.1 Å². The molecule has 0 bridgehead atoms. The van der Waals surface area contributed by atoms with E-state index in [9.17, 15) is 19.1 Å². The van der Waals surface area contributed by atoms with Crippen molar-refractivity contribution in [3.63, 3.8) is 0 Å². The number of pyridine rings is 2. The number of nitrogens with one attached hydrogen (secondary N) is 1. The van der Waals surface area contributed by atoms with Crippen LogP contribution >= 0.6 is 11.9 Å². The Morgan fingerprint density at radius 2 is 2.17 bits per heavy atom. The molecule has 3 aromatic rings. The van der Waals surface area contributed by atoms with Crippen molar-refractivity contribution >= 4 is 34.6 Å². The van der Waals surface area contributed by atoms with Crippen LogP contribution in [0.25, 0.3) is 22.0 Å². The summed E-state index contributed by atoms with van der Waals surface area (Å²) in [6.07, 6.45) is 5.82. The Kier molecular flexibility index (Phi) is 5.27. The number of hydrogen-bond acceptors (Lipinski definition) is 5. The summed E-state index contributed by atoms with van der Waals surface area (Å²) in [5.74, 6) is -0.236. The Morgan fingerprint density at radius 3 is 2.79 bits per heavy atom. The van der Waals surface area contributed by atoms with E-state index in [1.165, 1.54) is 6.20 Å². The van der Waals surface area contributed by atoms with E-state index < -0.39 is 17.2 Å². The lowest BCUT2D eigenvalue weighted by Gasteiger charge is -2.14. The molecule has 1 aromatic carbocycles. The lowest BCUT2D eigenvalue weighted by molar-refractivity contribution is 0.0695. The van der Waals surface area contributed by atoms with Crippen molar-refractivity contribution in [2.75, 3.05) is 10.5 Å². The predicted octanol–water partition coefficient (Wildman–Crippen LogP) is 4.71. The molecule has 1 aliphatic rings. The van der Waals surface area contributed by atoms with Crippen LogP contribution in [-0.4, -0.2) is 26.4 Å². The van der Waals surface area contributed by atoms with E-state index in [2.05, 4.69) is 16.6 Å². The van der Waals surface area contributed by atoms with Crippen LogP contribution in [0.4, 0.5) is 10.2 Å². The highest BCUT2D eigenvalue weighted by Gasteiger charge is 2.27. The average molecular weight is 413 g/mol. The normalized spacial score (nSPS) is 13.6. The average Bonchev–Trinajstić information content (AvgIpc) is 3.54. The van der Waals surface area contributed by atoms with E-state index in [-0.39, 0.29) is 17.0 Å². The second kappa shape index (κ2) is 7.87. The number of carbonyl (C=O) groups is 1. The molecule has 0 aliphatic heterocycles. The summed E-state index contributed by atoms with van der Waals surface area (Å²) in [6.45, 7) is 2.09. The van der Waals surface area contributed by atoms with Crippen LogP contribution in [0.1, 0.15) is 42.6 Å². The summed E-state index contributed by atoms with van der Waals surface area (Å²) in [5.41, 5.74) is 0.459. The van der Waals surface area contributed by atoms with Crippen LogP contribution < -0.4 is 10.2 Å². The maximum atomic E-state index is 14.9. The number of aromatic nitrogens is 2. The fraction of sp³-hybridized carbons (Fsp3) is 0.286. The van der Waals surface area contributed by atoms with Gasteiger partial charge in [-0.15, -0.1) is 0 Å². The number of carboxylic acid groups (broad SMARTS) is 1. The van der Waals surface area contributed by atoms with Gasteiger partial charge in [-0.2, -0.15) is 0 Å². The molecule has 2 aromatic heterocycles. The van der Waals surface area contributed by atoms with Crippen LogP contribution in [0.5, 0.6) is 0 Å². The zero-order valence-corrected chi connectivity index (χ0v) is 16.6. The standard InChI is InChI=1S/C21H20FN3O3S/c1-2-7-29-24-19-6-3-12(10-23-19)14-9-18-15(8-17(14)22)20(26)16(21(27)28)11-25(18)13-4-5-13/h3,6,8-11,13H,2,4-5,7H2,1H3,(H,23,24)(H,27,28). The Balaban J connectivity index is 1.79. The zero-order valence-electron chi connectivity index (χ0n) is 15.8. The predicted molar refractivity (Wildman–Crippen MR) is 113 cm³/mol. The first-order chi connectivity index (χ1) is 14.0. The molecule has 2 heterocycles.